The molecule has 1 aromatic carbocycles. The van der Waals surface area contributed by atoms with E-state index in [2.05, 4.69) is 6.92 Å². The molecule has 0 spiro atoms. The number of methoxy groups -OCH3 is 1. The van der Waals surface area contributed by atoms with Crippen LogP contribution in [0.3, 0.4) is 0 Å². The van der Waals surface area contributed by atoms with Gasteiger partial charge in [-0.2, -0.15) is 0 Å². The summed E-state index contributed by atoms with van der Waals surface area (Å²) in [4.78, 5) is 0. The Bertz CT molecular complexity index is 201. The Morgan fingerprint density at radius 1 is 1.25 bits per heavy atom. The van der Waals surface area contributed by atoms with Crippen molar-refractivity contribution in [3.63, 3.8) is 0 Å². The molecule has 0 aliphatic carbocycles. The second-order valence-corrected chi connectivity index (χ2v) is 2.69. The van der Waals surface area contributed by atoms with E-state index in [0.29, 0.717) is 0 Å². The summed E-state index contributed by atoms with van der Waals surface area (Å²) >= 11 is 0. The van der Waals surface area contributed by atoms with Gasteiger partial charge in [0.25, 0.3) is 0 Å². The van der Waals surface area contributed by atoms with Gasteiger partial charge in [-0.15, -0.1) is 0 Å². The van der Waals surface area contributed by atoms with Crippen LogP contribution in [0.25, 0.3) is 0 Å². The highest BCUT2D eigenvalue weighted by Crippen LogP contribution is 2.17. The molecule has 2 nitrogen and oxygen atoms in total. The summed E-state index contributed by atoms with van der Waals surface area (Å²) in [5, 5.41) is 10.6. The Hall–Kier alpha value is -1.02. The van der Waals surface area contributed by atoms with Gasteiger partial charge in [0.15, 0.2) is 0 Å². The molecular formula is C10H13O2. The molecule has 0 aromatic heterocycles. The summed E-state index contributed by atoms with van der Waals surface area (Å²) in [5.74, 6) is 0.778. The summed E-state index contributed by atoms with van der Waals surface area (Å²) in [6, 6.07) is 5.67. The lowest BCUT2D eigenvalue weighted by atomic mass is 10.1. The predicted molar refractivity (Wildman–Crippen MR) is 46.8 cm³/mol. The highest BCUT2D eigenvalue weighted by molar-refractivity contribution is 5.34. The maximum atomic E-state index is 10.6. The van der Waals surface area contributed by atoms with E-state index >= 15 is 0 Å². The van der Waals surface area contributed by atoms with Crippen LogP contribution in [0.15, 0.2) is 18.2 Å². The summed E-state index contributed by atoms with van der Waals surface area (Å²) in [6.07, 6.45) is 0.935. The first kappa shape index (κ1) is 9.07. The van der Waals surface area contributed by atoms with E-state index in [9.17, 15) is 5.11 Å². The van der Waals surface area contributed by atoms with Crippen LogP contribution in [0.5, 0.6) is 5.75 Å². The zero-order valence-corrected chi connectivity index (χ0v) is 7.46. The van der Waals surface area contributed by atoms with E-state index in [1.54, 1.807) is 13.2 Å². The average molecular weight is 165 g/mol. The van der Waals surface area contributed by atoms with Crippen LogP contribution < -0.4 is 4.74 Å². The molecule has 0 aliphatic heterocycles. The Labute approximate surface area is 72.8 Å². The SMILES string of the molecule is CCc1cc(C[O])cc(OC)c1. The van der Waals surface area contributed by atoms with Gasteiger partial charge in [0.2, 0.25) is 0 Å². The molecule has 1 radical (unpaired) electrons. The van der Waals surface area contributed by atoms with E-state index in [1.165, 1.54) is 0 Å². The van der Waals surface area contributed by atoms with Gasteiger partial charge in [-0.05, 0) is 29.7 Å². The largest absolute Gasteiger partial charge is 0.497 e. The van der Waals surface area contributed by atoms with Crippen molar-refractivity contribution in [2.45, 2.75) is 20.0 Å². The zero-order valence-electron chi connectivity index (χ0n) is 7.46. The quantitative estimate of drug-likeness (QED) is 0.675. The summed E-state index contributed by atoms with van der Waals surface area (Å²) in [6.45, 7) is 1.88. The third kappa shape index (κ3) is 1.98. The number of aryl methyl sites for hydroxylation is 1. The molecule has 0 aliphatic rings. The van der Waals surface area contributed by atoms with E-state index in [1.807, 2.05) is 12.1 Å². The van der Waals surface area contributed by atoms with Gasteiger partial charge < -0.3 is 4.74 Å². The molecular weight excluding hydrogens is 152 g/mol. The lowest BCUT2D eigenvalue weighted by Crippen LogP contribution is -1.90. The lowest BCUT2D eigenvalue weighted by Gasteiger charge is -2.04. The molecule has 0 heterocycles. The maximum absolute atomic E-state index is 10.6. The van der Waals surface area contributed by atoms with Crippen LogP contribution in [0.4, 0.5) is 0 Å². The second-order valence-electron chi connectivity index (χ2n) is 2.69. The average Bonchev–Trinajstić information content (AvgIpc) is 2.16. The standard InChI is InChI=1S/C10H13O2/c1-3-8-4-9(7-11)6-10(5-8)12-2/h4-6H,3,7H2,1-2H3. The molecule has 0 amide bonds. The van der Waals surface area contributed by atoms with Gasteiger partial charge in [-0.25, -0.2) is 5.11 Å². The molecule has 0 N–H and O–H groups in total. The van der Waals surface area contributed by atoms with Crippen LogP contribution in [0, 0.1) is 0 Å². The van der Waals surface area contributed by atoms with Crippen molar-refractivity contribution in [2.24, 2.45) is 0 Å². The normalized spacial score (nSPS) is 9.92. The first-order chi connectivity index (χ1) is 5.80. The molecule has 0 saturated heterocycles. The van der Waals surface area contributed by atoms with Gasteiger partial charge in [-0.3, -0.25) is 0 Å². The predicted octanol–water partition coefficient (Wildman–Crippen LogP) is 2.19. The van der Waals surface area contributed by atoms with Crippen molar-refractivity contribution in [2.75, 3.05) is 7.11 Å². The van der Waals surface area contributed by atoms with Crippen LogP contribution in [-0.4, -0.2) is 7.11 Å². The highest BCUT2D eigenvalue weighted by atomic mass is 16.5. The van der Waals surface area contributed by atoms with Crippen LogP contribution in [0.2, 0.25) is 0 Å². The van der Waals surface area contributed by atoms with Crippen molar-refractivity contribution >= 4 is 0 Å². The van der Waals surface area contributed by atoms with Crippen LogP contribution in [0.1, 0.15) is 18.1 Å². The molecule has 0 bridgehead atoms. The fourth-order valence-electron chi connectivity index (χ4n) is 1.13. The monoisotopic (exact) mass is 165 g/mol. The fourth-order valence-corrected chi connectivity index (χ4v) is 1.13. The second kappa shape index (κ2) is 4.12. The van der Waals surface area contributed by atoms with Gasteiger partial charge in [0, 0.05) is 0 Å². The summed E-state index contributed by atoms with van der Waals surface area (Å²) in [7, 11) is 1.61. The third-order valence-corrected chi connectivity index (χ3v) is 1.84. The van der Waals surface area contributed by atoms with Crippen LogP contribution in [-0.2, 0) is 18.1 Å². The zero-order chi connectivity index (χ0) is 8.97. The van der Waals surface area contributed by atoms with E-state index in [0.717, 1.165) is 23.3 Å². The van der Waals surface area contributed by atoms with E-state index < -0.39 is 0 Å². The lowest BCUT2D eigenvalue weighted by molar-refractivity contribution is 0.177. The van der Waals surface area contributed by atoms with Crippen molar-refractivity contribution in [1.29, 1.82) is 0 Å². The van der Waals surface area contributed by atoms with E-state index in [4.69, 9.17) is 4.74 Å². The Morgan fingerprint density at radius 3 is 2.42 bits per heavy atom. The third-order valence-electron chi connectivity index (χ3n) is 1.84. The fraction of sp³-hybridized carbons (Fsp3) is 0.400. The first-order valence-electron chi connectivity index (χ1n) is 4.05. The van der Waals surface area contributed by atoms with Crippen molar-refractivity contribution in [3.05, 3.63) is 29.3 Å². The number of rotatable bonds is 3. The van der Waals surface area contributed by atoms with Crippen LogP contribution >= 0.6 is 0 Å². The van der Waals surface area contributed by atoms with Crippen molar-refractivity contribution < 1.29 is 9.84 Å². The number of hydrogen-bond donors (Lipinski definition) is 0. The number of hydrogen-bond acceptors (Lipinski definition) is 1. The minimum absolute atomic E-state index is 0.176. The minimum atomic E-state index is -0.176. The highest BCUT2D eigenvalue weighted by Gasteiger charge is 1.98. The smallest absolute Gasteiger partial charge is 0.119 e. The molecule has 12 heavy (non-hydrogen) atoms. The molecule has 0 unspecified atom stereocenters. The first-order valence-corrected chi connectivity index (χ1v) is 4.05. The van der Waals surface area contributed by atoms with Crippen molar-refractivity contribution in [3.8, 4) is 5.75 Å². The van der Waals surface area contributed by atoms with Crippen molar-refractivity contribution in [1.82, 2.24) is 0 Å². The molecule has 1 aromatic rings. The maximum Gasteiger partial charge on any atom is 0.119 e. The topological polar surface area (TPSA) is 29.1 Å². The van der Waals surface area contributed by atoms with Gasteiger partial charge in [0.1, 0.15) is 12.4 Å². The number of ether oxygens (including phenoxy) is 1. The molecule has 2 heteroatoms. The van der Waals surface area contributed by atoms with Gasteiger partial charge in [0.05, 0.1) is 7.11 Å². The Kier molecular flexibility index (Phi) is 3.11. The molecule has 1 rings (SSSR count). The molecule has 0 atom stereocenters. The summed E-state index contributed by atoms with van der Waals surface area (Å²) < 4.78 is 5.06. The Balaban J connectivity index is 3.01. The van der Waals surface area contributed by atoms with Gasteiger partial charge >= 0.3 is 0 Å². The molecule has 0 fully saturated rings. The van der Waals surface area contributed by atoms with E-state index in [-0.39, 0.29) is 6.61 Å². The van der Waals surface area contributed by atoms with Gasteiger partial charge in [-0.1, -0.05) is 13.0 Å². The molecule has 0 saturated carbocycles. The number of benzene rings is 1. The Morgan fingerprint density at radius 2 is 1.92 bits per heavy atom. The minimum Gasteiger partial charge on any atom is -0.497 e. The molecule has 65 valence electrons. The summed E-state index contributed by atoms with van der Waals surface area (Å²) in [5.41, 5.74) is 1.95.